The third-order valence-corrected chi connectivity index (χ3v) is 4.73. The van der Waals surface area contributed by atoms with Crippen molar-refractivity contribution in [3.8, 4) is 5.75 Å². The predicted octanol–water partition coefficient (Wildman–Crippen LogP) is 3.55. The molecule has 0 spiro atoms. The van der Waals surface area contributed by atoms with Crippen LogP contribution in [0.1, 0.15) is 20.8 Å². The predicted molar refractivity (Wildman–Crippen MR) is 118 cm³/mol. The maximum Gasteiger partial charge on any atom is 0.337 e. The first kappa shape index (κ1) is 20.9. The number of hydrogen-bond donors (Lipinski definition) is 2. The SMILES string of the molecule is COC(=O)c1ccc(NC(=O)c2ccc3c(n2)N(C(=O)Nc2ccccc2)CCO3)cc1. The molecular formula is C23H20N4O5. The molecule has 0 saturated carbocycles. The van der Waals surface area contributed by atoms with Gasteiger partial charge in [0.15, 0.2) is 11.6 Å². The summed E-state index contributed by atoms with van der Waals surface area (Å²) in [6.07, 6.45) is 0. The zero-order chi connectivity index (χ0) is 22.5. The van der Waals surface area contributed by atoms with E-state index in [0.29, 0.717) is 35.8 Å². The van der Waals surface area contributed by atoms with Gasteiger partial charge >= 0.3 is 12.0 Å². The van der Waals surface area contributed by atoms with Crippen molar-refractivity contribution >= 4 is 35.1 Å². The van der Waals surface area contributed by atoms with E-state index < -0.39 is 11.9 Å². The van der Waals surface area contributed by atoms with E-state index in [4.69, 9.17) is 4.74 Å². The van der Waals surface area contributed by atoms with Gasteiger partial charge in [-0.3, -0.25) is 9.69 Å². The van der Waals surface area contributed by atoms with Gasteiger partial charge in [0.1, 0.15) is 12.3 Å². The lowest BCUT2D eigenvalue weighted by atomic mass is 10.2. The van der Waals surface area contributed by atoms with E-state index in [1.54, 1.807) is 42.5 Å². The van der Waals surface area contributed by atoms with E-state index >= 15 is 0 Å². The zero-order valence-electron chi connectivity index (χ0n) is 17.2. The van der Waals surface area contributed by atoms with Crippen LogP contribution in [0.4, 0.5) is 22.0 Å². The van der Waals surface area contributed by atoms with E-state index in [2.05, 4.69) is 20.4 Å². The average molecular weight is 432 g/mol. The topological polar surface area (TPSA) is 110 Å². The van der Waals surface area contributed by atoms with Crippen LogP contribution in [0.3, 0.4) is 0 Å². The summed E-state index contributed by atoms with van der Waals surface area (Å²) in [6.45, 7) is 0.605. The van der Waals surface area contributed by atoms with E-state index in [-0.39, 0.29) is 17.5 Å². The third kappa shape index (κ3) is 4.51. The molecule has 1 aliphatic rings. The molecule has 32 heavy (non-hydrogen) atoms. The highest BCUT2D eigenvalue weighted by Crippen LogP contribution is 2.30. The largest absolute Gasteiger partial charge is 0.488 e. The number of ether oxygens (including phenoxy) is 2. The molecule has 0 saturated heterocycles. The lowest BCUT2D eigenvalue weighted by Crippen LogP contribution is -2.41. The Hall–Kier alpha value is -4.40. The molecule has 2 heterocycles. The van der Waals surface area contributed by atoms with Gasteiger partial charge in [-0.1, -0.05) is 18.2 Å². The molecule has 0 fully saturated rings. The summed E-state index contributed by atoms with van der Waals surface area (Å²) in [7, 11) is 1.30. The van der Waals surface area contributed by atoms with Gasteiger partial charge in [-0.15, -0.1) is 0 Å². The Morgan fingerprint density at radius 2 is 1.66 bits per heavy atom. The smallest absolute Gasteiger partial charge is 0.337 e. The number of para-hydroxylation sites is 1. The third-order valence-electron chi connectivity index (χ3n) is 4.73. The van der Waals surface area contributed by atoms with Gasteiger partial charge in [-0.05, 0) is 48.5 Å². The van der Waals surface area contributed by atoms with Crippen molar-refractivity contribution < 1.29 is 23.9 Å². The van der Waals surface area contributed by atoms with Crippen LogP contribution >= 0.6 is 0 Å². The highest BCUT2D eigenvalue weighted by molar-refractivity contribution is 6.05. The van der Waals surface area contributed by atoms with Crippen molar-refractivity contribution in [1.29, 1.82) is 0 Å². The Morgan fingerprint density at radius 1 is 0.938 bits per heavy atom. The number of rotatable bonds is 4. The van der Waals surface area contributed by atoms with Gasteiger partial charge in [0.05, 0.1) is 19.2 Å². The Morgan fingerprint density at radius 3 is 2.38 bits per heavy atom. The second-order valence-corrected chi connectivity index (χ2v) is 6.84. The number of carbonyl (C=O) groups is 3. The number of nitrogens with one attached hydrogen (secondary N) is 2. The molecule has 3 amide bonds. The quantitative estimate of drug-likeness (QED) is 0.610. The average Bonchev–Trinajstić information content (AvgIpc) is 2.83. The molecule has 0 unspecified atom stereocenters. The summed E-state index contributed by atoms with van der Waals surface area (Å²) >= 11 is 0. The fraction of sp³-hybridized carbons (Fsp3) is 0.130. The number of benzene rings is 2. The summed E-state index contributed by atoms with van der Waals surface area (Å²) in [6, 6.07) is 18.1. The molecular weight excluding hydrogens is 412 g/mol. The molecule has 0 bridgehead atoms. The number of aromatic nitrogens is 1. The number of anilines is 3. The van der Waals surface area contributed by atoms with Gasteiger partial charge < -0.3 is 20.1 Å². The Kier molecular flexibility index (Phi) is 5.98. The van der Waals surface area contributed by atoms with Crippen LogP contribution in [-0.4, -0.2) is 43.2 Å². The second-order valence-electron chi connectivity index (χ2n) is 6.84. The van der Waals surface area contributed by atoms with Gasteiger partial charge in [-0.25, -0.2) is 14.6 Å². The summed E-state index contributed by atoms with van der Waals surface area (Å²) in [4.78, 5) is 42.9. The van der Waals surface area contributed by atoms with E-state index in [1.165, 1.54) is 18.1 Å². The second kappa shape index (κ2) is 9.17. The van der Waals surface area contributed by atoms with Gasteiger partial charge in [0.25, 0.3) is 5.91 Å². The first-order chi connectivity index (χ1) is 15.5. The normalized spacial score (nSPS) is 12.2. The molecule has 4 rings (SSSR count). The highest BCUT2D eigenvalue weighted by atomic mass is 16.5. The molecule has 1 aliphatic heterocycles. The molecule has 162 valence electrons. The van der Waals surface area contributed by atoms with Crippen LogP contribution in [0.5, 0.6) is 5.75 Å². The number of amides is 3. The summed E-state index contributed by atoms with van der Waals surface area (Å²) in [5.41, 5.74) is 1.62. The lowest BCUT2D eigenvalue weighted by molar-refractivity contribution is 0.0600. The Bertz CT molecular complexity index is 1150. The van der Waals surface area contributed by atoms with E-state index in [9.17, 15) is 14.4 Å². The first-order valence-corrected chi connectivity index (χ1v) is 9.82. The highest BCUT2D eigenvalue weighted by Gasteiger charge is 2.27. The van der Waals surface area contributed by atoms with E-state index in [1.807, 2.05) is 18.2 Å². The Labute approximate surface area is 184 Å². The van der Waals surface area contributed by atoms with Crippen LogP contribution in [-0.2, 0) is 4.74 Å². The van der Waals surface area contributed by atoms with Crippen molar-refractivity contribution in [2.45, 2.75) is 0 Å². The summed E-state index contributed by atoms with van der Waals surface area (Å²) in [5.74, 6) is -0.252. The molecule has 2 N–H and O–H groups in total. The monoisotopic (exact) mass is 432 g/mol. The van der Waals surface area contributed by atoms with Crippen LogP contribution in [0, 0.1) is 0 Å². The summed E-state index contributed by atoms with van der Waals surface area (Å²) < 4.78 is 10.3. The summed E-state index contributed by atoms with van der Waals surface area (Å²) in [5, 5.41) is 5.53. The zero-order valence-corrected chi connectivity index (χ0v) is 17.2. The lowest BCUT2D eigenvalue weighted by Gasteiger charge is -2.28. The Balaban J connectivity index is 1.51. The van der Waals surface area contributed by atoms with Gasteiger partial charge in [0.2, 0.25) is 0 Å². The minimum atomic E-state index is -0.465. The van der Waals surface area contributed by atoms with Crippen molar-refractivity contribution in [2.75, 3.05) is 35.8 Å². The van der Waals surface area contributed by atoms with Crippen molar-refractivity contribution in [3.63, 3.8) is 0 Å². The van der Waals surface area contributed by atoms with Crippen molar-refractivity contribution in [2.24, 2.45) is 0 Å². The molecule has 0 aliphatic carbocycles. The van der Waals surface area contributed by atoms with Gasteiger partial charge in [0, 0.05) is 11.4 Å². The number of pyridine rings is 1. The van der Waals surface area contributed by atoms with Crippen LogP contribution < -0.4 is 20.3 Å². The maximum absolute atomic E-state index is 12.8. The van der Waals surface area contributed by atoms with Crippen molar-refractivity contribution in [3.05, 3.63) is 78.0 Å². The number of methoxy groups -OCH3 is 1. The van der Waals surface area contributed by atoms with Gasteiger partial charge in [-0.2, -0.15) is 0 Å². The minimum absolute atomic E-state index is 0.115. The van der Waals surface area contributed by atoms with Crippen LogP contribution in [0.15, 0.2) is 66.7 Å². The van der Waals surface area contributed by atoms with E-state index in [0.717, 1.165) is 0 Å². The number of hydrogen-bond acceptors (Lipinski definition) is 6. The van der Waals surface area contributed by atoms with Crippen molar-refractivity contribution in [1.82, 2.24) is 4.98 Å². The molecule has 3 aromatic rings. The molecule has 0 atom stereocenters. The first-order valence-electron chi connectivity index (χ1n) is 9.82. The molecule has 9 nitrogen and oxygen atoms in total. The fourth-order valence-corrected chi connectivity index (χ4v) is 3.13. The maximum atomic E-state index is 12.8. The molecule has 0 radical (unpaired) electrons. The van der Waals surface area contributed by atoms with Crippen LogP contribution in [0.25, 0.3) is 0 Å². The standard InChI is InChI=1S/C23H20N4O5/c1-31-22(29)15-7-9-17(10-8-15)24-21(28)18-11-12-19-20(26-18)27(13-14-32-19)23(30)25-16-5-3-2-4-6-16/h2-12H,13-14H2,1H3,(H,24,28)(H,25,30). The molecule has 1 aromatic heterocycles. The number of fused-ring (bicyclic) bond motifs is 1. The molecule has 2 aromatic carbocycles. The number of urea groups is 1. The fourth-order valence-electron chi connectivity index (χ4n) is 3.13. The minimum Gasteiger partial charge on any atom is -0.488 e. The van der Waals surface area contributed by atoms with Crippen LogP contribution in [0.2, 0.25) is 0 Å². The number of carbonyl (C=O) groups excluding carboxylic acids is 3. The molecule has 9 heteroatoms. The number of esters is 1. The number of nitrogens with zero attached hydrogens (tertiary/aromatic N) is 2.